The van der Waals surface area contributed by atoms with Crippen LogP contribution in [0.25, 0.3) is 0 Å². The number of carbonyl (C=O) groups is 1. The second-order valence-corrected chi connectivity index (χ2v) is 4.68. The van der Waals surface area contributed by atoms with Gasteiger partial charge in [0.2, 0.25) is 0 Å². The molecule has 1 heterocycles. The zero-order chi connectivity index (χ0) is 13.8. The van der Waals surface area contributed by atoms with Gasteiger partial charge in [-0.2, -0.15) is 0 Å². The summed E-state index contributed by atoms with van der Waals surface area (Å²) in [5.74, 6) is -0.366. The van der Waals surface area contributed by atoms with Crippen molar-refractivity contribution in [2.45, 2.75) is 6.54 Å². The quantitative estimate of drug-likeness (QED) is 0.839. The van der Waals surface area contributed by atoms with Crippen molar-refractivity contribution in [3.8, 4) is 0 Å². The van der Waals surface area contributed by atoms with E-state index < -0.39 is 0 Å². The molecule has 0 aliphatic rings. The van der Waals surface area contributed by atoms with Crippen molar-refractivity contribution in [2.75, 3.05) is 5.43 Å². The first-order valence-electron chi connectivity index (χ1n) is 4.96. The number of amides is 1. The van der Waals surface area contributed by atoms with Gasteiger partial charge < -0.3 is 0 Å². The van der Waals surface area contributed by atoms with E-state index >= 15 is 0 Å². The van der Waals surface area contributed by atoms with Gasteiger partial charge in [-0.25, -0.2) is 4.68 Å². The van der Waals surface area contributed by atoms with Crippen LogP contribution < -0.4 is 10.9 Å². The lowest BCUT2D eigenvalue weighted by molar-refractivity contribution is -0.121. The van der Waals surface area contributed by atoms with Gasteiger partial charge in [-0.05, 0) is 22.6 Å². The topological polar surface area (TPSA) is 84.7 Å². The summed E-state index contributed by atoms with van der Waals surface area (Å²) in [6, 6.07) is 3.01. The highest BCUT2D eigenvalue weighted by Crippen LogP contribution is 2.32. The molecule has 0 atom stereocenters. The predicted octanol–water partition coefficient (Wildman–Crippen LogP) is 1.78. The van der Waals surface area contributed by atoms with E-state index in [9.17, 15) is 4.79 Å². The molecule has 2 N–H and O–H groups in total. The SMILES string of the molecule is O=C(Cn1cnnn1)NNc1c(Cl)cc(Cl)cc1Cl. The third-order valence-electron chi connectivity index (χ3n) is 2.03. The molecular weight excluding hydrogens is 314 g/mol. The number of halogens is 3. The summed E-state index contributed by atoms with van der Waals surface area (Å²) in [7, 11) is 0. The molecular formula is C9H7Cl3N6O. The lowest BCUT2D eigenvalue weighted by Gasteiger charge is -2.11. The van der Waals surface area contributed by atoms with Gasteiger partial charge in [0.15, 0.2) is 0 Å². The van der Waals surface area contributed by atoms with Crippen molar-refractivity contribution >= 4 is 46.4 Å². The van der Waals surface area contributed by atoms with Crippen LogP contribution in [0, 0.1) is 0 Å². The highest BCUT2D eigenvalue weighted by Gasteiger charge is 2.09. The smallest absolute Gasteiger partial charge is 0.260 e. The molecule has 0 spiro atoms. The molecule has 0 saturated heterocycles. The van der Waals surface area contributed by atoms with Crippen molar-refractivity contribution < 1.29 is 4.79 Å². The zero-order valence-electron chi connectivity index (χ0n) is 9.27. The van der Waals surface area contributed by atoms with E-state index in [2.05, 4.69) is 26.4 Å². The number of hydrogen-bond acceptors (Lipinski definition) is 5. The molecule has 0 aliphatic heterocycles. The maximum Gasteiger partial charge on any atom is 0.260 e. The number of anilines is 1. The molecule has 1 amide bonds. The molecule has 100 valence electrons. The van der Waals surface area contributed by atoms with Crippen molar-refractivity contribution in [3.05, 3.63) is 33.5 Å². The standard InChI is InChI=1S/C9H7Cl3N6O/c10-5-1-6(11)9(7(12)2-5)15-14-8(19)3-18-4-13-16-17-18/h1-2,4,15H,3H2,(H,14,19). The molecule has 2 rings (SSSR count). The van der Waals surface area contributed by atoms with E-state index in [-0.39, 0.29) is 12.5 Å². The number of carbonyl (C=O) groups excluding carboxylic acids is 1. The molecule has 2 aromatic rings. The summed E-state index contributed by atoms with van der Waals surface area (Å²) in [4.78, 5) is 11.6. The molecule has 10 heteroatoms. The van der Waals surface area contributed by atoms with Gasteiger partial charge in [0, 0.05) is 5.02 Å². The third-order valence-corrected chi connectivity index (χ3v) is 2.85. The summed E-state index contributed by atoms with van der Waals surface area (Å²) in [5, 5.41) is 11.4. The Morgan fingerprint density at radius 3 is 2.53 bits per heavy atom. The summed E-state index contributed by atoms with van der Waals surface area (Å²) in [5.41, 5.74) is 5.40. The molecule has 7 nitrogen and oxygen atoms in total. The molecule has 0 unspecified atom stereocenters. The maximum atomic E-state index is 11.6. The first-order valence-corrected chi connectivity index (χ1v) is 6.10. The molecule has 0 saturated carbocycles. The number of aromatic nitrogens is 4. The van der Waals surface area contributed by atoms with E-state index in [1.54, 1.807) is 0 Å². The number of nitrogens with one attached hydrogen (secondary N) is 2. The van der Waals surface area contributed by atoms with E-state index in [0.717, 1.165) is 0 Å². The first-order chi connectivity index (χ1) is 9.06. The Bertz CT molecular complexity index is 565. The molecule has 0 radical (unpaired) electrons. The van der Waals surface area contributed by atoms with Crippen molar-refractivity contribution in [3.63, 3.8) is 0 Å². The Hall–Kier alpha value is -1.57. The molecule has 0 fully saturated rings. The number of tetrazole rings is 1. The number of benzene rings is 1. The first kappa shape index (κ1) is 13.9. The highest BCUT2D eigenvalue weighted by molar-refractivity contribution is 6.41. The second kappa shape index (κ2) is 6.05. The van der Waals surface area contributed by atoms with Crippen molar-refractivity contribution in [1.82, 2.24) is 25.6 Å². The van der Waals surface area contributed by atoms with Crippen LogP contribution in [0.1, 0.15) is 0 Å². The highest BCUT2D eigenvalue weighted by atomic mass is 35.5. The van der Waals surface area contributed by atoms with Gasteiger partial charge in [0.25, 0.3) is 5.91 Å². The van der Waals surface area contributed by atoms with Crippen LogP contribution in [0.4, 0.5) is 5.69 Å². The van der Waals surface area contributed by atoms with Crippen LogP contribution in [0.5, 0.6) is 0 Å². The Morgan fingerprint density at radius 2 is 1.95 bits per heavy atom. The van der Waals surface area contributed by atoms with E-state index in [4.69, 9.17) is 34.8 Å². The Labute approximate surface area is 122 Å². The summed E-state index contributed by atoms with van der Waals surface area (Å²) < 4.78 is 1.27. The van der Waals surface area contributed by atoms with Crippen LogP contribution in [-0.2, 0) is 11.3 Å². The number of hydrazine groups is 1. The van der Waals surface area contributed by atoms with Gasteiger partial charge in [-0.3, -0.25) is 15.6 Å². The van der Waals surface area contributed by atoms with Gasteiger partial charge in [0.1, 0.15) is 12.9 Å². The van der Waals surface area contributed by atoms with Crippen LogP contribution in [0.15, 0.2) is 18.5 Å². The third kappa shape index (κ3) is 3.69. The fourth-order valence-electron chi connectivity index (χ4n) is 1.23. The van der Waals surface area contributed by atoms with Gasteiger partial charge in [0.05, 0.1) is 15.7 Å². The van der Waals surface area contributed by atoms with E-state index in [1.807, 2.05) is 0 Å². The van der Waals surface area contributed by atoms with Crippen molar-refractivity contribution in [2.24, 2.45) is 0 Å². The van der Waals surface area contributed by atoms with Gasteiger partial charge in [-0.1, -0.05) is 34.8 Å². The molecule has 0 bridgehead atoms. The zero-order valence-corrected chi connectivity index (χ0v) is 11.5. The largest absolute Gasteiger partial charge is 0.296 e. The Balaban J connectivity index is 1.97. The monoisotopic (exact) mass is 320 g/mol. The van der Waals surface area contributed by atoms with Crippen LogP contribution >= 0.6 is 34.8 Å². The minimum Gasteiger partial charge on any atom is -0.296 e. The summed E-state index contributed by atoms with van der Waals surface area (Å²) >= 11 is 17.7. The normalized spacial score (nSPS) is 10.3. The lowest BCUT2D eigenvalue weighted by Crippen LogP contribution is -2.32. The molecule has 1 aromatic heterocycles. The number of rotatable bonds is 4. The van der Waals surface area contributed by atoms with E-state index in [0.29, 0.717) is 20.8 Å². The van der Waals surface area contributed by atoms with Crippen LogP contribution in [0.2, 0.25) is 15.1 Å². The lowest BCUT2D eigenvalue weighted by atomic mass is 10.3. The fraction of sp³-hybridized carbons (Fsp3) is 0.111. The van der Waals surface area contributed by atoms with Crippen LogP contribution in [-0.4, -0.2) is 26.1 Å². The summed E-state index contributed by atoms with van der Waals surface area (Å²) in [6.07, 6.45) is 1.32. The Kier molecular flexibility index (Phi) is 4.41. The number of nitrogens with zero attached hydrogens (tertiary/aromatic N) is 4. The average Bonchev–Trinajstić information content (AvgIpc) is 2.80. The minimum atomic E-state index is -0.366. The molecule has 0 aliphatic carbocycles. The minimum absolute atomic E-state index is 0.0389. The van der Waals surface area contributed by atoms with Gasteiger partial charge in [-0.15, -0.1) is 5.10 Å². The summed E-state index contributed by atoms with van der Waals surface area (Å²) in [6.45, 7) is -0.0389. The fourth-order valence-corrected chi connectivity index (χ4v) is 2.14. The van der Waals surface area contributed by atoms with Crippen LogP contribution in [0.3, 0.4) is 0 Å². The molecule has 19 heavy (non-hydrogen) atoms. The number of hydrogen-bond donors (Lipinski definition) is 2. The average molecular weight is 322 g/mol. The van der Waals surface area contributed by atoms with Crippen molar-refractivity contribution in [1.29, 1.82) is 0 Å². The maximum absolute atomic E-state index is 11.6. The van der Waals surface area contributed by atoms with E-state index in [1.165, 1.54) is 23.1 Å². The Morgan fingerprint density at radius 1 is 1.26 bits per heavy atom. The van der Waals surface area contributed by atoms with Gasteiger partial charge >= 0.3 is 0 Å². The molecule has 1 aromatic carbocycles. The predicted molar refractivity (Wildman–Crippen MR) is 71.1 cm³/mol. The second-order valence-electron chi connectivity index (χ2n) is 3.43.